The Kier molecular flexibility index (Phi) is 4.56. The van der Waals surface area contributed by atoms with Gasteiger partial charge in [-0.1, -0.05) is 6.92 Å². The lowest BCUT2D eigenvalue weighted by atomic mass is 10.1. The minimum atomic E-state index is -1.03. The molecular formula is C9H17NO4. The smallest absolute Gasteiger partial charge is 0.326 e. The van der Waals surface area contributed by atoms with Crippen molar-refractivity contribution in [2.24, 2.45) is 0 Å². The Morgan fingerprint density at radius 2 is 2.00 bits per heavy atom. The van der Waals surface area contributed by atoms with Gasteiger partial charge in [-0.15, -0.1) is 0 Å². The third-order valence-electron chi connectivity index (χ3n) is 2.07. The van der Waals surface area contributed by atoms with Crippen molar-refractivity contribution < 1.29 is 19.4 Å². The van der Waals surface area contributed by atoms with E-state index in [1.165, 1.54) is 7.11 Å². The number of methoxy groups -OCH3 is 1. The van der Waals surface area contributed by atoms with E-state index in [4.69, 9.17) is 9.84 Å². The molecule has 1 atom stereocenters. The number of aliphatic carboxylic acids is 1. The van der Waals surface area contributed by atoms with Gasteiger partial charge in [-0.2, -0.15) is 0 Å². The van der Waals surface area contributed by atoms with Crippen molar-refractivity contribution in [2.75, 3.05) is 7.11 Å². The standard InChI is InChI=1S/C9H17NO4/c1-5-6(7(11)12)10-8(13)9(2,3)14-4/h6H,5H2,1-4H3,(H,10,13)(H,11,12)/t6-/m1/s1. The maximum absolute atomic E-state index is 11.5. The highest BCUT2D eigenvalue weighted by atomic mass is 16.5. The van der Waals surface area contributed by atoms with Gasteiger partial charge in [0.2, 0.25) is 0 Å². The summed E-state index contributed by atoms with van der Waals surface area (Å²) < 4.78 is 4.92. The molecule has 5 heteroatoms. The molecule has 0 aromatic rings. The minimum absolute atomic E-state index is 0.348. The van der Waals surface area contributed by atoms with Crippen molar-refractivity contribution in [3.8, 4) is 0 Å². The van der Waals surface area contributed by atoms with E-state index in [1.54, 1.807) is 20.8 Å². The molecule has 0 spiro atoms. The zero-order valence-corrected chi connectivity index (χ0v) is 8.96. The third-order valence-corrected chi connectivity index (χ3v) is 2.07. The first kappa shape index (κ1) is 12.9. The summed E-state index contributed by atoms with van der Waals surface area (Å²) in [5.41, 5.74) is -0.997. The molecule has 0 radical (unpaired) electrons. The first-order valence-electron chi connectivity index (χ1n) is 4.44. The van der Waals surface area contributed by atoms with Gasteiger partial charge in [0.25, 0.3) is 5.91 Å². The number of ether oxygens (including phenoxy) is 1. The van der Waals surface area contributed by atoms with Crippen molar-refractivity contribution in [3.05, 3.63) is 0 Å². The molecule has 0 heterocycles. The van der Waals surface area contributed by atoms with Crippen LogP contribution in [0, 0.1) is 0 Å². The number of carbonyl (C=O) groups excluding carboxylic acids is 1. The Morgan fingerprint density at radius 3 is 2.29 bits per heavy atom. The molecule has 0 saturated carbocycles. The predicted octanol–water partition coefficient (Wildman–Crippen LogP) is 0.391. The second kappa shape index (κ2) is 4.95. The molecule has 0 aliphatic rings. The van der Waals surface area contributed by atoms with E-state index in [1.807, 2.05) is 0 Å². The molecule has 0 aliphatic heterocycles. The quantitative estimate of drug-likeness (QED) is 0.677. The fourth-order valence-electron chi connectivity index (χ4n) is 0.763. The monoisotopic (exact) mass is 203 g/mol. The van der Waals surface area contributed by atoms with Crippen LogP contribution in [0.1, 0.15) is 27.2 Å². The van der Waals surface area contributed by atoms with Gasteiger partial charge in [0.15, 0.2) is 0 Å². The van der Waals surface area contributed by atoms with Gasteiger partial charge in [-0.3, -0.25) is 4.79 Å². The van der Waals surface area contributed by atoms with Crippen LogP contribution in [0.15, 0.2) is 0 Å². The van der Waals surface area contributed by atoms with E-state index in [-0.39, 0.29) is 0 Å². The van der Waals surface area contributed by atoms with Crippen molar-refractivity contribution in [2.45, 2.75) is 38.8 Å². The highest BCUT2D eigenvalue weighted by Crippen LogP contribution is 2.08. The number of hydrogen-bond acceptors (Lipinski definition) is 3. The van der Waals surface area contributed by atoms with Gasteiger partial charge in [0.1, 0.15) is 11.6 Å². The Balaban J connectivity index is 4.37. The molecule has 14 heavy (non-hydrogen) atoms. The van der Waals surface area contributed by atoms with Crippen LogP contribution >= 0.6 is 0 Å². The van der Waals surface area contributed by atoms with Gasteiger partial charge < -0.3 is 15.2 Å². The Labute approximate surface area is 83.4 Å². The molecule has 0 aromatic carbocycles. The van der Waals surface area contributed by atoms with Crippen LogP contribution in [0.3, 0.4) is 0 Å². The molecule has 0 rings (SSSR count). The fraction of sp³-hybridized carbons (Fsp3) is 0.778. The minimum Gasteiger partial charge on any atom is -0.480 e. The summed E-state index contributed by atoms with van der Waals surface area (Å²) in [6.45, 7) is 4.85. The maximum atomic E-state index is 11.5. The van der Waals surface area contributed by atoms with Crippen molar-refractivity contribution >= 4 is 11.9 Å². The number of carbonyl (C=O) groups is 2. The molecule has 0 unspecified atom stereocenters. The highest BCUT2D eigenvalue weighted by molar-refractivity contribution is 5.88. The van der Waals surface area contributed by atoms with Gasteiger partial charge >= 0.3 is 5.97 Å². The molecule has 5 nitrogen and oxygen atoms in total. The lowest BCUT2D eigenvalue weighted by Gasteiger charge is -2.23. The summed E-state index contributed by atoms with van der Waals surface area (Å²) >= 11 is 0. The topological polar surface area (TPSA) is 75.6 Å². The zero-order chi connectivity index (χ0) is 11.4. The SMILES string of the molecule is CC[C@@H](NC(=O)C(C)(C)OC)C(=O)O. The highest BCUT2D eigenvalue weighted by Gasteiger charge is 2.30. The molecule has 82 valence electrons. The number of carboxylic acids is 1. The number of hydrogen-bond donors (Lipinski definition) is 2. The van der Waals surface area contributed by atoms with E-state index < -0.39 is 23.5 Å². The van der Waals surface area contributed by atoms with Crippen LogP contribution in [0.4, 0.5) is 0 Å². The lowest BCUT2D eigenvalue weighted by molar-refractivity contribution is -0.147. The number of nitrogens with one attached hydrogen (secondary N) is 1. The van der Waals surface area contributed by atoms with Crippen molar-refractivity contribution in [1.82, 2.24) is 5.32 Å². The molecular weight excluding hydrogens is 186 g/mol. The zero-order valence-electron chi connectivity index (χ0n) is 8.96. The van der Waals surface area contributed by atoms with Crippen LogP contribution < -0.4 is 5.32 Å². The van der Waals surface area contributed by atoms with E-state index in [9.17, 15) is 9.59 Å². The predicted molar refractivity (Wildman–Crippen MR) is 50.9 cm³/mol. The van der Waals surface area contributed by atoms with Gasteiger partial charge in [-0.05, 0) is 20.3 Å². The Morgan fingerprint density at radius 1 is 1.50 bits per heavy atom. The van der Waals surface area contributed by atoms with Crippen LogP contribution in [0.5, 0.6) is 0 Å². The molecule has 1 amide bonds. The second-order valence-corrected chi connectivity index (χ2v) is 3.49. The van der Waals surface area contributed by atoms with E-state index in [0.29, 0.717) is 6.42 Å². The molecule has 0 fully saturated rings. The van der Waals surface area contributed by atoms with Gasteiger partial charge in [0.05, 0.1) is 0 Å². The van der Waals surface area contributed by atoms with E-state index in [0.717, 1.165) is 0 Å². The normalized spacial score (nSPS) is 13.4. The summed E-state index contributed by atoms with van der Waals surface area (Å²) in [5.74, 6) is -1.46. The largest absolute Gasteiger partial charge is 0.480 e. The molecule has 0 aliphatic carbocycles. The average molecular weight is 203 g/mol. The first-order chi connectivity index (χ1) is 6.35. The molecule has 0 bridgehead atoms. The summed E-state index contributed by atoms with van der Waals surface area (Å²) in [5, 5.41) is 11.1. The summed E-state index contributed by atoms with van der Waals surface area (Å²) in [6, 6.07) is -0.850. The Hall–Kier alpha value is -1.10. The van der Waals surface area contributed by atoms with E-state index >= 15 is 0 Å². The van der Waals surface area contributed by atoms with Crippen LogP contribution in [0.2, 0.25) is 0 Å². The van der Waals surface area contributed by atoms with E-state index in [2.05, 4.69) is 5.32 Å². The molecule has 0 saturated heterocycles. The number of amides is 1. The van der Waals surface area contributed by atoms with Crippen LogP contribution in [-0.2, 0) is 14.3 Å². The number of carboxylic acid groups (broad SMARTS) is 1. The lowest BCUT2D eigenvalue weighted by Crippen LogP contribution is -2.50. The summed E-state index contributed by atoms with van der Waals surface area (Å²) in [6.07, 6.45) is 0.348. The number of rotatable bonds is 5. The second-order valence-electron chi connectivity index (χ2n) is 3.49. The van der Waals surface area contributed by atoms with Crippen LogP contribution in [0.25, 0.3) is 0 Å². The van der Waals surface area contributed by atoms with Gasteiger partial charge in [-0.25, -0.2) is 4.79 Å². The maximum Gasteiger partial charge on any atom is 0.326 e. The van der Waals surface area contributed by atoms with Crippen LogP contribution in [-0.4, -0.2) is 35.7 Å². The summed E-state index contributed by atoms with van der Waals surface area (Å²) in [7, 11) is 1.40. The average Bonchev–Trinajstić information content (AvgIpc) is 2.12. The Bertz CT molecular complexity index is 225. The van der Waals surface area contributed by atoms with Crippen molar-refractivity contribution in [1.29, 1.82) is 0 Å². The third kappa shape index (κ3) is 3.33. The van der Waals surface area contributed by atoms with Gasteiger partial charge in [0, 0.05) is 7.11 Å². The van der Waals surface area contributed by atoms with Crippen molar-refractivity contribution in [3.63, 3.8) is 0 Å². The molecule has 2 N–H and O–H groups in total. The fourth-order valence-corrected chi connectivity index (χ4v) is 0.763. The molecule has 0 aromatic heterocycles. The summed E-state index contributed by atoms with van der Waals surface area (Å²) in [4.78, 5) is 22.1. The first-order valence-corrected chi connectivity index (χ1v) is 4.44.